The summed E-state index contributed by atoms with van der Waals surface area (Å²) in [6.07, 6.45) is -1.99. The number of nitro groups is 1. The van der Waals surface area contributed by atoms with Crippen molar-refractivity contribution in [1.29, 1.82) is 0 Å². The van der Waals surface area contributed by atoms with Crippen molar-refractivity contribution in [3.8, 4) is 0 Å². The van der Waals surface area contributed by atoms with E-state index in [1.54, 1.807) is 25.7 Å². The van der Waals surface area contributed by atoms with Gasteiger partial charge in [-0.05, 0) is 45.9 Å². The number of alkyl halides is 2. The first-order valence-corrected chi connectivity index (χ1v) is 10.4. The zero-order valence-corrected chi connectivity index (χ0v) is 18.8. The van der Waals surface area contributed by atoms with Gasteiger partial charge < -0.3 is 19.9 Å². The monoisotopic (exact) mass is 464 g/mol. The molecular formula is C21H26F2N6O4. The highest BCUT2D eigenvalue weighted by atomic mass is 19.3. The predicted octanol–water partition coefficient (Wildman–Crippen LogP) is 4.51. The lowest BCUT2D eigenvalue weighted by atomic mass is 10.2. The molecule has 12 heteroatoms. The highest BCUT2D eigenvalue weighted by Gasteiger charge is 2.31. The van der Waals surface area contributed by atoms with Gasteiger partial charge in [0.25, 0.3) is 6.43 Å². The highest BCUT2D eigenvalue weighted by Crippen LogP contribution is 2.31. The molecule has 0 aromatic carbocycles. The third-order valence-corrected chi connectivity index (χ3v) is 4.90. The van der Waals surface area contributed by atoms with Crippen LogP contribution in [0.25, 0.3) is 0 Å². The van der Waals surface area contributed by atoms with Gasteiger partial charge in [0.15, 0.2) is 0 Å². The summed E-state index contributed by atoms with van der Waals surface area (Å²) in [6.45, 7) is 8.52. The van der Waals surface area contributed by atoms with Crippen molar-refractivity contribution < 1.29 is 23.2 Å². The zero-order chi connectivity index (χ0) is 24.3. The molecule has 0 unspecified atom stereocenters. The Balaban J connectivity index is 1.81. The van der Waals surface area contributed by atoms with Crippen LogP contribution >= 0.6 is 0 Å². The van der Waals surface area contributed by atoms with Gasteiger partial charge in [0, 0.05) is 43.6 Å². The fraction of sp³-hybridized carbons (Fsp3) is 0.476. The third-order valence-electron chi connectivity index (χ3n) is 4.90. The van der Waals surface area contributed by atoms with Gasteiger partial charge in [0.2, 0.25) is 5.82 Å². The van der Waals surface area contributed by atoms with E-state index in [9.17, 15) is 23.7 Å². The van der Waals surface area contributed by atoms with Crippen LogP contribution in [0.4, 0.5) is 36.6 Å². The lowest BCUT2D eigenvalue weighted by molar-refractivity contribution is -0.384. The van der Waals surface area contributed by atoms with E-state index in [1.807, 2.05) is 11.8 Å². The SMILES string of the molecule is C[C@H]1CN(C(=O)OC(C)(C)C)CCN1c1ccc([N+](=O)[O-])c(Nc2ccnc(C(F)F)c2)n1. The quantitative estimate of drug-likeness (QED) is 0.508. The number of carbonyl (C=O) groups excluding carboxylic acids is 1. The molecule has 1 aliphatic rings. The summed E-state index contributed by atoms with van der Waals surface area (Å²) in [7, 11) is 0. The number of pyridine rings is 2. The molecule has 0 aliphatic carbocycles. The topological polar surface area (TPSA) is 114 Å². The summed E-state index contributed by atoms with van der Waals surface area (Å²) in [5, 5.41) is 14.3. The minimum atomic E-state index is -2.77. The number of anilines is 3. The second-order valence-corrected chi connectivity index (χ2v) is 8.66. The first-order chi connectivity index (χ1) is 15.4. The number of halogens is 2. The van der Waals surface area contributed by atoms with E-state index in [0.717, 1.165) is 6.07 Å². The second-order valence-electron chi connectivity index (χ2n) is 8.66. The van der Waals surface area contributed by atoms with Gasteiger partial charge in [-0.25, -0.2) is 18.6 Å². The van der Waals surface area contributed by atoms with Crippen LogP contribution in [0.3, 0.4) is 0 Å². The van der Waals surface area contributed by atoms with E-state index in [1.165, 1.54) is 24.4 Å². The van der Waals surface area contributed by atoms with Crippen molar-refractivity contribution >= 4 is 29.1 Å². The number of ether oxygens (including phenoxy) is 1. The fourth-order valence-corrected chi connectivity index (χ4v) is 3.41. The zero-order valence-electron chi connectivity index (χ0n) is 18.8. The Hall–Kier alpha value is -3.57. The first-order valence-electron chi connectivity index (χ1n) is 10.4. The molecule has 1 atom stereocenters. The van der Waals surface area contributed by atoms with Gasteiger partial charge >= 0.3 is 11.8 Å². The number of aromatic nitrogens is 2. The van der Waals surface area contributed by atoms with Crippen molar-refractivity contribution in [2.45, 2.75) is 45.8 Å². The third kappa shape index (κ3) is 6.02. The van der Waals surface area contributed by atoms with Crippen molar-refractivity contribution in [2.24, 2.45) is 0 Å². The second kappa shape index (κ2) is 9.51. The normalized spacial score (nSPS) is 16.6. The molecule has 1 saturated heterocycles. The predicted molar refractivity (Wildman–Crippen MR) is 118 cm³/mol. The fourth-order valence-electron chi connectivity index (χ4n) is 3.41. The minimum absolute atomic E-state index is 0.0781. The molecule has 1 aliphatic heterocycles. The summed E-state index contributed by atoms with van der Waals surface area (Å²) in [5.74, 6) is 0.383. The van der Waals surface area contributed by atoms with E-state index in [4.69, 9.17) is 4.74 Å². The van der Waals surface area contributed by atoms with Crippen LogP contribution in [0.5, 0.6) is 0 Å². The molecular weight excluding hydrogens is 438 g/mol. The maximum Gasteiger partial charge on any atom is 0.410 e. The summed E-state index contributed by atoms with van der Waals surface area (Å²) >= 11 is 0. The molecule has 1 N–H and O–H groups in total. The van der Waals surface area contributed by atoms with Gasteiger partial charge in [0.05, 0.1) is 4.92 Å². The number of amides is 1. The van der Waals surface area contributed by atoms with Crippen molar-refractivity contribution in [3.05, 3.63) is 46.3 Å². The van der Waals surface area contributed by atoms with Crippen molar-refractivity contribution in [2.75, 3.05) is 29.9 Å². The molecule has 178 valence electrons. The summed E-state index contributed by atoms with van der Waals surface area (Å²) < 4.78 is 31.4. The van der Waals surface area contributed by atoms with E-state index in [0.29, 0.717) is 25.5 Å². The molecule has 1 fully saturated rings. The molecule has 1 amide bonds. The van der Waals surface area contributed by atoms with Gasteiger partial charge in [0.1, 0.15) is 17.1 Å². The Morgan fingerprint density at radius 1 is 1.30 bits per heavy atom. The number of rotatable bonds is 5. The number of hydrogen-bond acceptors (Lipinski definition) is 8. The highest BCUT2D eigenvalue weighted by molar-refractivity contribution is 5.70. The van der Waals surface area contributed by atoms with Gasteiger partial charge in [-0.1, -0.05) is 0 Å². The van der Waals surface area contributed by atoms with Crippen LogP contribution in [-0.2, 0) is 4.74 Å². The first kappa shape index (κ1) is 24.1. The van der Waals surface area contributed by atoms with Crippen LogP contribution in [0, 0.1) is 10.1 Å². The molecule has 33 heavy (non-hydrogen) atoms. The minimum Gasteiger partial charge on any atom is -0.444 e. The molecule has 0 spiro atoms. The van der Waals surface area contributed by atoms with Crippen LogP contribution in [0.2, 0.25) is 0 Å². The standard InChI is InChI=1S/C21H26F2N6O4/c1-13-12-27(20(30)33-21(2,3)4)9-10-28(13)17-6-5-16(29(31)32)19(26-17)25-14-7-8-24-15(11-14)18(22)23/h5-8,11,13,18H,9-10,12H2,1-4H3,(H,24,25,26)/t13-/m0/s1. The molecule has 0 saturated carbocycles. The average Bonchev–Trinajstić information content (AvgIpc) is 2.72. The van der Waals surface area contributed by atoms with Crippen LogP contribution in [-0.4, -0.2) is 57.2 Å². The summed E-state index contributed by atoms with van der Waals surface area (Å²) in [6, 6.07) is 5.24. The summed E-state index contributed by atoms with van der Waals surface area (Å²) in [5.41, 5.74) is -1.15. The smallest absolute Gasteiger partial charge is 0.410 e. The van der Waals surface area contributed by atoms with Crippen LogP contribution in [0.1, 0.15) is 39.8 Å². The van der Waals surface area contributed by atoms with E-state index in [2.05, 4.69) is 15.3 Å². The van der Waals surface area contributed by atoms with Crippen LogP contribution < -0.4 is 10.2 Å². The molecule has 3 rings (SSSR count). The molecule has 2 aromatic heterocycles. The van der Waals surface area contributed by atoms with E-state index in [-0.39, 0.29) is 23.2 Å². The summed E-state index contributed by atoms with van der Waals surface area (Å²) in [4.78, 5) is 34.8. The number of hydrogen-bond donors (Lipinski definition) is 1. The van der Waals surface area contributed by atoms with Crippen molar-refractivity contribution in [3.63, 3.8) is 0 Å². The Kier molecular flexibility index (Phi) is 6.94. The van der Waals surface area contributed by atoms with E-state index < -0.39 is 28.7 Å². The molecule has 10 nitrogen and oxygen atoms in total. The molecule has 2 aromatic rings. The van der Waals surface area contributed by atoms with Crippen LogP contribution in [0.15, 0.2) is 30.5 Å². The Morgan fingerprint density at radius 3 is 2.64 bits per heavy atom. The van der Waals surface area contributed by atoms with Gasteiger partial charge in [-0.3, -0.25) is 15.1 Å². The molecule has 0 bridgehead atoms. The molecule has 0 radical (unpaired) electrons. The largest absolute Gasteiger partial charge is 0.444 e. The number of carbonyl (C=O) groups is 1. The number of nitrogens with one attached hydrogen (secondary N) is 1. The Morgan fingerprint density at radius 2 is 2.03 bits per heavy atom. The van der Waals surface area contributed by atoms with Gasteiger partial charge in [-0.2, -0.15) is 0 Å². The number of nitrogens with zero attached hydrogens (tertiary/aromatic N) is 5. The van der Waals surface area contributed by atoms with Crippen molar-refractivity contribution in [1.82, 2.24) is 14.9 Å². The Bertz CT molecular complexity index is 1030. The maximum atomic E-state index is 13.0. The lowest BCUT2D eigenvalue weighted by Gasteiger charge is -2.40. The average molecular weight is 464 g/mol. The maximum absolute atomic E-state index is 13.0. The molecule has 3 heterocycles. The number of piperazine rings is 1. The van der Waals surface area contributed by atoms with E-state index >= 15 is 0 Å². The lowest BCUT2D eigenvalue weighted by Crippen LogP contribution is -2.54. The van der Waals surface area contributed by atoms with Gasteiger partial charge in [-0.15, -0.1) is 0 Å². The Labute approximate surface area is 189 Å².